The number of carbonyl (C=O) groups excluding carboxylic acids is 1. The van der Waals surface area contributed by atoms with Gasteiger partial charge in [0.05, 0.1) is 0 Å². The molecule has 1 aliphatic rings. The van der Waals surface area contributed by atoms with Gasteiger partial charge in [-0.05, 0) is 49.9 Å². The van der Waals surface area contributed by atoms with E-state index in [1.165, 1.54) is 12.1 Å². The van der Waals surface area contributed by atoms with E-state index in [1.807, 2.05) is 6.92 Å². The molecular formula is C15H19FO. The molecule has 2 heteroatoms. The Labute approximate surface area is 102 Å². The van der Waals surface area contributed by atoms with Crippen molar-refractivity contribution in [1.29, 1.82) is 0 Å². The number of Topliss-reactive ketones (excluding diaryl/α,β-unsaturated/α-hetero) is 1. The fourth-order valence-electron chi connectivity index (χ4n) is 2.97. The summed E-state index contributed by atoms with van der Waals surface area (Å²) in [4.78, 5) is 12.5. The smallest absolute Gasteiger partial charge is 0.169 e. The summed E-state index contributed by atoms with van der Waals surface area (Å²) in [6, 6.07) is 4.65. The van der Waals surface area contributed by atoms with Gasteiger partial charge in [0.1, 0.15) is 5.82 Å². The molecule has 1 fully saturated rings. The van der Waals surface area contributed by atoms with E-state index in [0.717, 1.165) is 37.7 Å². The molecule has 0 aliphatic heterocycles. The van der Waals surface area contributed by atoms with Crippen molar-refractivity contribution >= 4 is 5.78 Å². The van der Waals surface area contributed by atoms with Crippen LogP contribution in [0.15, 0.2) is 18.2 Å². The quantitative estimate of drug-likeness (QED) is 0.713. The van der Waals surface area contributed by atoms with Crippen LogP contribution in [0.25, 0.3) is 0 Å². The summed E-state index contributed by atoms with van der Waals surface area (Å²) in [6.07, 6.45) is 5.01. The molecule has 0 N–H and O–H groups in total. The molecule has 0 saturated heterocycles. The predicted octanol–water partition coefficient (Wildman–Crippen LogP) is 4.29. The van der Waals surface area contributed by atoms with E-state index in [2.05, 4.69) is 6.92 Å². The molecule has 0 heterocycles. The first-order chi connectivity index (χ1) is 8.07. The fraction of sp³-hybridized carbons (Fsp3) is 0.533. The number of hydrogen-bond acceptors (Lipinski definition) is 1. The van der Waals surface area contributed by atoms with Crippen LogP contribution in [-0.2, 0) is 0 Å². The molecule has 0 spiro atoms. The Hall–Kier alpha value is -1.18. The van der Waals surface area contributed by atoms with E-state index < -0.39 is 0 Å². The first-order valence-corrected chi connectivity index (χ1v) is 6.39. The lowest BCUT2D eigenvalue weighted by molar-refractivity contribution is 0.0790. The van der Waals surface area contributed by atoms with Crippen molar-refractivity contribution < 1.29 is 9.18 Å². The van der Waals surface area contributed by atoms with Gasteiger partial charge in [-0.1, -0.05) is 19.8 Å². The molecule has 0 bridgehead atoms. The van der Waals surface area contributed by atoms with Crippen molar-refractivity contribution in [3.8, 4) is 0 Å². The standard InChI is InChI=1S/C15H19FO/c1-3-15(6-4-5-7-15)14(17)12-8-11(2)9-13(16)10-12/h8-10H,3-7H2,1-2H3. The topological polar surface area (TPSA) is 17.1 Å². The molecule has 0 atom stereocenters. The second kappa shape index (κ2) is 4.59. The maximum Gasteiger partial charge on any atom is 0.169 e. The minimum atomic E-state index is -0.308. The van der Waals surface area contributed by atoms with Gasteiger partial charge in [-0.25, -0.2) is 4.39 Å². The van der Waals surface area contributed by atoms with Gasteiger partial charge in [0.15, 0.2) is 5.78 Å². The van der Waals surface area contributed by atoms with Crippen LogP contribution < -0.4 is 0 Å². The van der Waals surface area contributed by atoms with Gasteiger partial charge in [-0.15, -0.1) is 0 Å². The average Bonchev–Trinajstić information content (AvgIpc) is 2.76. The van der Waals surface area contributed by atoms with Crippen molar-refractivity contribution in [2.75, 3.05) is 0 Å². The van der Waals surface area contributed by atoms with E-state index in [4.69, 9.17) is 0 Å². The van der Waals surface area contributed by atoms with Crippen molar-refractivity contribution in [2.45, 2.75) is 46.0 Å². The Bertz CT molecular complexity index is 410. The zero-order valence-electron chi connectivity index (χ0n) is 10.6. The summed E-state index contributed by atoms with van der Waals surface area (Å²) in [6.45, 7) is 3.89. The van der Waals surface area contributed by atoms with Crippen LogP contribution in [0.5, 0.6) is 0 Å². The summed E-state index contributed by atoms with van der Waals surface area (Å²) in [5.41, 5.74) is 1.14. The van der Waals surface area contributed by atoms with Gasteiger partial charge in [0.25, 0.3) is 0 Å². The molecular weight excluding hydrogens is 215 g/mol. The minimum Gasteiger partial charge on any atom is -0.294 e. The summed E-state index contributed by atoms with van der Waals surface area (Å²) < 4.78 is 13.4. The molecule has 2 rings (SSSR count). The highest BCUT2D eigenvalue weighted by molar-refractivity contribution is 6.00. The van der Waals surface area contributed by atoms with Crippen LogP contribution in [0.4, 0.5) is 4.39 Å². The lowest BCUT2D eigenvalue weighted by Crippen LogP contribution is -2.27. The van der Waals surface area contributed by atoms with Crippen LogP contribution in [0, 0.1) is 18.2 Å². The fourth-order valence-corrected chi connectivity index (χ4v) is 2.97. The molecule has 0 unspecified atom stereocenters. The third kappa shape index (κ3) is 2.26. The van der Waals surface area contributed by atoms with E-state index in [-0.39, 0.29) is 17.0 Å². The van der Waals surface area contributed by atoms with Gasteiger partial charge in [-0.3, -0.25) is 4.79 Å². The molecule has 1 aromatic carbocycles. The average molecular weight is 234 g/mol. The maximum absolute atomic E-state index is 13.4. The zero-order valence-corrected chi connectivity index (χ0v) is 10.6. The molecule has 1 aliphatic carbocycles. The Morgan fingerprint density at radius 2 is 1.94 bits per heavy atom. The van der Waals surface area contributed by atoms with Gasteiger partial charge < -0.3 is 0 Å². The molecule has 0 aromatic heterocycles. The van der Waals surface area contributed by atoms with Crippen LogP contribution in [0.1, 0.15) is 54.9 Å². The van der Waals surface area contributed by atoms with Gasteiger partial charge in [0.2, 0.25) is 0 Å². The minimum absolute atomic E-state index is 0.139. The number of carbonyl (C=O) groups is 1. The molecule has 1 saturated carbocycles. The largest absolute Gasteiger partial charge is 0.294 e. The first kappa shape index (κ1) is 12.3. The maximum atomic E-state index is 13.4. The second-order valence-electron chi connectivity index (χ2n) is 5.19. The molecule has 17 heavy (non-hydrogen) atoms. The van der Waals surface area contributed by atoms with Crippen LogP contribution in [-0.4, -0.2) is 5.78 Å². The normalized spacial score (nSPS) is 18.3. The van der Waals surface area contributed by atoms with E-state index in [1.54, 1.807) is 6.07 Å². The van der Waals surface area contributed by atoms with Crippen molar-refractivity contribution in [3.05, 3.63) is 35.1 Å². The highest BCUT2D eigenvalue weighted by Crippen LogP contribution is 2.43. The second-order valence-corrected chi connectivity index (χ2v) is 5.19. The Kier molecular flexibility index (Phi) is 3.32. The summed E-state index contributed by atoms with van der Waals surface area (Å²) >= 11 is 0. The third-order valence-corrected chi connectivity index (χ3v) is 4.02. The molecule has 1 nitrogen and oxygen atoms in total. The Morgan fingerprint density at radius 3 is 2.47 bits per heavy atom. The van der Waals surface area contributed by atoms with E-state index in [0.29, 0.717) is 5.56 Å². The van der Waals surface area contributed by atoms with Crippen LogP contribution >= 0.6 is 0 Å². The van der Waals surface area contributed by atoms with Gasteiger partial charge >= 0.3 is 0 Å². The number of ketones is 1. The van der Waals surface area contributed by atoms with Gasteiger partial charge in [0, 0.05) is 11.0 Å². The monoisotopic (exact) mass is 234 g/mol. The number of aryl methyl sites for hydroxylation is 1. The zero-order chi connectivity index (χ0) is 12.5. The molecule has 0 radical (unpaired) electrons. The van der Waals surface area contributed by atoms with E-state index in [9.17, 15) is 9.18 Å². The van der Waals surface area contributed by atoms with Crippen molar-refractivity contribution in [2.24, 2.45) is 5.41 Å². The van der Waals surface area contributed by atoms with Crippen LogP contribution in [0.2, 0.25) is 0 Å². The van der Waals surface area contributed by atoms with E-state index >= 15 is 0 Å². The third-order valence-electron chi connectivity index (χ3n) is 4.02. The SMILES string of the molecule is CCC1(C(=O)c2cc(C)cc(F)c2)CCCC1. The first-order valence-electron chi connectivity index (χ1n) is 6.39. The lowest BCUT2D eigenvalue weighted by Gasteiger charge is -2.25. The Morgan fingerprint density at radius 1 is 1.29 bits per heavy atom. The molecule has 1 aromatic rings. The Balaban J connectivity index is 2.35. The van der Waals surface area contributed by atoms with Gasteiger partial charge in [-0.2, -0.15) is 0 Å². The summed E-state index contributed by atoms with van der Waals surface area (Å²) in [5.74, 6) is -0.169. The van der Waals surface area contributed by atoms with Crippen molar-refractivity contribution in [3.63, 3.8) is 0 Å². The number of hydrogen-bond donors (Lipinski definition) is 0. The predicted molar refractivity (Wildman–Crippen MR) is 66.7 cm³/mol. The molecule has 92 valence electrons. The summed E-state index contributed by atoms with van der Waals surface area (Å²) in [5, 5.41) is 0. The number of benzene rings is 1. The van der Waals surface area contributed by atoms with Crippen molar-refractivity contribution in [1.82, 2.24) is 0 Å². The highest BCUT2D eigenvalue weighted by atomic mass is 19.1. The lowest BCUT2D eigenvalue weighted by atomic mass is 9.76. The summed E-state index contributed by atoms with van der Waals surface area (Å²) in [7, 11) is 0. The number of halogens is 1. The van der Waals surface area contributed by atoms with Crippen LogP contribution in [0.3, 0.4) is 0 Å². The highest BCUT2D eigenvalue weighted by Gasteiger charge is 2.39. The number of rotatable bonds is 3. The molecule has 0 amide bonds.